The van der Waals surface area contributed by atoms with Gasteiger partial charge in [-0.15, -0.1) is 0 Å². The van der Waals surface area contributed by atoms with Crippen LogP contribution in [0.15, 0.2) is 12.3 Å². The van der Waals surface area contributed by atoms with Gasteiger partial charge in [0.15, 0.2) is 0 Å². The first kappa shape index (κ1) is 12.4. The Kier molecular flexibility index (Phi) is 2.71. The molecule has 1 saturated heterocycles. The minimum atomic E-state index is -0.438. The van der Waals surface area contributed by atoms with Gasteiger partial charge in [-0.25, -0.2) is 4.98 Å². The van der Waals surface area contributed by atoms with E-state index in [4.69, 9.17) is 15.0 Å². The molecule has 92 valence electrons. The number of nitrogens with two attached hydrogens (primary N) is 1. The van der Waals surface area contributed by atoms with Crippen LogP contribution in [0.1, 0.15) is 33.3 Å². The number of aromatic nitrogens is 1. The van der Waals surface area contributed by atoms with Crippen molar-refractivity contribution < 1.29 is 9.31 Å². The van der Waals surface area contributed by atoms with Crippen LogP contribution in [0.25, 0.3) is 0 Å². The summed E-state index contributed by atoms with van der Waals surface area (Å²) in [7, 11) is -0.438. The van der Waals surface area contributed by atoms with E-state index in [1.54, 1.807) is 6.20 Å². The van der Waals surface area contributed by atoms with Crippen molar-refractivity contribution in [3.63, 3.8) is 0 Å². The summed E-state index contributed by atoms with van der Waals surface area (Å²) in [6.07, 6.45) is 1.74. The third-order valence-electron chi connectivity index (χ3n) is 3.59. The van der Waals surface area contributed by atoms with E-state index >= 15 is 0 Å². The van der Waals surface area contributed by atoms with Gasteiger partial charge in [0.2, 0.25) is 0 Å². The van der Waals surface area contributed by atoms with Crippen molar-refractivity contribution in [3.05, 3.63) is 17.8 Å². The van der Waals surface area contributed by atoms with Gasteiger partial charge in [-0.2, -0.15) is 0 Å². The summed E-state index contributed by atoms with van der Waals surface area (Å²) in [4.78, 5) is 4.14. The van der Waals surface area contributed by atoms with Crippen molar-refractivity contribution in [2.45, 2.75) is 45.8 Å². The summed E-state index contributed by atoms with van der Waals surface area (Å²) in [6, 6.07) is 1.96. The third kappa shape index (κ3) is 2.05. The lowest BCUT2D eigenvalue weighted by Gasteiger charge is -2.32. The molecule has 0 aromatic carbocycles. The van der Waals surface area contributed by atoms with Crippen LogP contribution in [-0.4, -0.2) is 23.3 Å². The lowest BCUT2D eigenvalue weighted by atomic mass is 9.79. The number of aryl methyl sites for hydroxylation is 1. The summed E-state index contributed by atoms with van der Waals surface area (Å²) < 4.78 is 11.9. The molecule has 0 unspecified atom stereocenters. The van der Waals surface area contributed by atoms with Gasteiger partial charge in [0.05, 0.1) is 11.2 Å². The molecule has 1 aromatic heterocycles. The quantitative estimate of drug-likeness (QED) is 0.743. The second kappa shape index (κ2) is 3.72. The van der Waals surface area contributed by atoms with E-state index in [1.165, 1.54) is 0 Å². The summed E-state index contributed by atoms with van der Waals surface area (Å²) in [5, 5.41) is 0. The maximum Gasteiger partial charge on any atom is 0.498 e. The van der Waals surface area contributed by atoms with Gasteiger partial charge in [0, 0.05) is 11.7 Å². The zero-order chi connectivity index (χ0) is 12.8. The highest BCUT2D eigenvalue weighted by molar-refractivity contribution is 6.63. The second-order valence-electron chi connectivity index (χ2n) is 5.58. The standard InChI is InChI=1S/C12H19BN2O2/c1-8-6-9(10(14)15-7-8)13-16-11(2,3)12(4,5)17-13/h6-7H,1-5H3,(H2,14,15). The highest BCUT2D eigenvalue weighted by Crippen LogP contribution is 2.36. The molecule has 2 N–H and O–H groups in total. The number of nitrogen functional groups attached to an aromatic ring is 1. The molecular formula is C12H19BN2O2. The van der Waals surface area contributed by atoms with Gasteiger partial charge >= 0.3 is 7.12 Å². The molecule has 1 fully saturated rings. The Balaban J connectivity index is 2.35. The molecule has 0 radical (unpaired) electrons. The molecule has 0 saturated carbocycles. The highest BCUT2D eigenvalue weighted by Gasteiger charge is 2.52. The second-order valence-corrected chi connectivity index (χ2v) is 5.58. The normalized spacial score (nSPS) is 21.8. The molecular weight excluding hydrogens is 215 g/mol. The summed E-state index contributed by atoms with van der Waals surface area (Å²) in [6.45, 7) is 10.1. The largest absolute Gasteiger partial charge is 0.498 e. The first-order valence-corrected chi connectivity index (χ1v) is 5.80. The monoisotopic (exact) mass is 234 g/mol. The number of nitrogens with zero attached hydrogens (tertiary/aromatic N) is 1. The topological polar surface area (TPSA) is 57.4 Å². The lowest BCUT2D eigenvalue weighted by molar-refractivity contribution is 0.00578. The molecule has 0 bridgehead atoms. The van der Waals surface area contributed by atoms with Crippen LogP contribution in [-0.2, 0) is 9.31 Å². The average molecular weight is 234 g/mol. The Hall–Kier alpha value is -1.07. The average Bonchev–Trinajstić information content (AvgIpc) is 2.40. The highest BCUT2D eigenvalue weighted by atomic mass is 16.7. The molecule has 0 aliphatic carbocycles. The van der Waals surface area contributed by atoms with E-state index in [2.05, 4.69) is 4.98 Å². The van der Waals surface area contributed by atoms with E-state index in [1.807, 2.05) is 40.7 Å². The Labute approximate surface area is 103 Å². The Bertz CT molecular complexity index is 430. The summed E-state index contributed by atoms with van der Waals surface area (Å²) in [5.41, 5.74) is 7.02. The smallest absolute Gasteiger partial charge is 0.399 e. The zero-order valence-electron chi connectivity index (χ0n) is 11.1. The van der Waals surface area contributed by atoms with Crippen molar-refractivity contribution in [2.24, 2.45) is 0 Å². The fourth-order valence-corrected chi connectivity index (χ4v) is 1.76. The van der Waals surface area contributed by atoms with Crippen molar-refractivity contribution in [1.82, 2.24) is 4.98 Å². The van der Waals surface area contributed by atoms with E-state index in [-0.39, 0.29) is 11.2 Å². The van der Waals surface area contributed by atoms with Gasteiger partial charge < -0.3 is 15.0 Å². The predicted octanol–water partition coefficient (Wildman–Crippen LogP) is 1.27. The predicted molar refractivity (Wildman–Crippen MR) is 69.1 cm³/mol. The molecule has 1 aliphatic heterocycles. The molecule has 0 amide bonds. The van der Waals surface area contributed by atoms with E-state index < -0.39 is 7.12 Å². The minimum Gasteiger partial charge on any atom is -0.399 e. The zero-order valence-corrected chi connectivity index (χ0v) is 11.1. The number of pyridine rings is 1. The maximum atomic E-state index is 5.94. The SMILES string of the molecule is Cc1cnc(N)c(B2OC(C)(C)C(C)(C)O2)c1. The molecule has 17 heavy (non-hydrogen) atoms. The van der Waals surface area contributed by atoms with Crippen LogP contribution in [0.5, 0.6) is 0 Å². The minimum absolute atomic E-state index is 0.353. The first-order chi connectivity index (χ1) is 7.73. The molecule has 4 nitrogen and oxygen atoms in total. The van der Waals surface area contributed by atoms with Crippen molar-refractivity contribution in [1.29, 1.82) is 0 Å². The number of anilines is 1. The molecule has 0 spiro atoms. The van der Waals surface area contributed by atoms with Crippen molar-refractivity contribution in [3.8, 4) is 0 Å². The fraction of sp³-hybridized carbons (Fsp3) is 0.583. The van der Waals surface area contributed by atoms with Crippen LogP contribution in [0.3, 0.4) is 0 Å². The van der Waals surface area contributed by atoms with Crippen LogP contribution in [0, 0.1) is 6.92 Å². The van der Waals surface area contributed by atoms with Crippen molar-refractivity contribution in [2.75, 3.05) is 5.73 Å². The number of rotatable bonds is 1. The van der Waals surface area contributed by atoms with Gasteiger partial charge in [-0.3, -0.25) is 0 Å². The Morgan fingerprint density at radius 3 is 2.24 bits per heavy atom. The van der Waals surface area contributed by atoms with Crippen molar-refractivity contribution >= 4 is 18.4 Å². The van der Waals surface area contributed by atoms with Gasteiger partial charge in [-0.1, -0.05) is 6.07 Å². The molecule has 1 aliphatic rings. The summed E-state index contributed by atoms with van der Waals surface area (Å²) >= 11 is 0. The van der Waals surface area contributed by atoms with E-state index in [0.29, 0.717) is 5.82 Å². The molecule has 1 aromatic rings. The van der Waals surface area contributed by atoms with Crippen LogP contribution >= 0.6 is 0 Å². The number of hydrogen-bond donors (Lipinski definition) is 1. The molecule has 2 rings (SSSR count). The van der Waals surface area contributed by atoms with E-state index in [0.717, 1.165) is 11.0 Å². The molecule has 0 atom stereocenters. The Morgan fingerprint density at radius 1 is 1.18 bits per heavy atom. The van der Waals surface area contributed by atoms with Crippen LogP contribution in [0.2, 0.25) is 0 Å². The van der Waals surface area contributed by atoms with E-state index in [9.17, 15) is 0 Å². The first-order valence-electron chi connectivity index (χ1n) is 5.80. The maximum absolute atomic E-state index is 5.94. The third-order valence-corrected chi connectivity index (χ3v) is 3.59. The van der Waals surface area contributed by atoms with Gasteiger partial charge in [-0.05, 0) is 40.2 Å². The van der Waals surface area contributed by atoms with Crippen LogP contribution in [0.4, 0.5) is 5.82 Å². The fourth-order valence-electron chi connectivity index (χ4n) is 1.76. The van der Waals surface area contributed by atoms with Gasteiger partial charge in [0.1, 0.15) is 5.82 Å². The lowest BCUT2D eigenvalue weighted by Crippen LogP contribution is -2.41. The molecule has 2 heterocycles. The Morgan fingerprint density at radius 2 is 1.71 bits per heavy atom. The summed E-state index contributed by atoms with van der Waals surface area (Å²) in [5.74, 6) is 0.467. The molecule has 5 heteroatoms. The van der Waals surface area contributed by atoms with Crippen LogP contribution < -0.4 is 11.2 Å². The number of hydrogen-bond acceptors (Lipinski definition) is 4. The van der Waals surface area contributed by atoms with Gasteiger partial charge in [0.25, 0.3) is 0 Å².